The van der Waals surface area contributed by atoms with Crippen molar-refractivity contribution >= 4 is 0 Å². The molecule has 0 radical (unpaired) electrons. The van der Waals surface area contributed by atoms with E-state index in [1.807, 2.05) is 18.2 Å². The summed E-state index contributed by atoms with van der Waals surface area (Å²) in [6.07, 6.45) is 3.76. The van der Waals surface area contributed by atoms with E-state index < -0.39 is 0 Å². The minimum Gasteiger partial charge on any atom is -0.505 e. The largest absolute Gasteiger partial charge is 0.505 e. The second kappa shape index (κ2) is 6.77. The molecule has 118 valence electrons. The van der Waals surface area contributed by atoms with E-state index in [1.165, 1.54) is 4.68 Å². The molecule has 1 heterocycles. The minimum atomic E-state index is -0.246. The van der Waals surface area contributed by atoms with Crippen LogP contribution in [0.2, 0.25) is 0 Å². The highest BCUT2D eigenvalue weighted by Gasteiger charge is 2.20. The third-order valence-corrected chi connectivity index (χ3v) is 3.91. The van der Waals surface area contributed by atoms with Crippen LogP contribution >= 0.6 is 0 Å². The lowest BCUT2D eigenvalue weighted by molar-refractivity contribution is 0.460. The maximum atomic E-state index is 12.6. The number of nitrogens with zero attached hydrogens (tertiary/aromatic N) is 2. The Hall–Kier alpha value is -2.10. The first kappa shape index (κ1) is 16.3. The monoisotopic (exact) mass is 300 g/mol. The van der Waals surface area contributed by atoms with Gasteiger partial charge < -0.3 is 5.11 Å². The van der Waals surface area contributed by atoms with E-state index in [0.29, 0.717) is 11.3 Å². The van der Waals surface area contributed by atoms with Crippen molar-refractivity contribution in [2.45, 2.75) is 46.5 Å². The second-order valence-electron chi connectivity index (χ2n) is 5.69. The predicted octanol–water partition coefficient (Wildman–Crippen LogP) is 3.37. The number of aryl methyl sites for hydroxylation is 4. The van der Waals surface area contributed by atoms with Gasteiger partial charge in [-0.05, 0) is 36.5 Å². The van der Waals surface area contributed by atoms with Gasteiger partial charge in [0, 0.05) is 7.05 Å². The van der Waals surface area contributed by atoms with Crippen molar-refractivity contribution in [3.8, 4) is 16.9 Å². The standard InChI is InChI=1S/C18H24N2O2/c1-5-8-13-10-7-11-14(9-6-2)15(13)16-17(21)12(3)19-20(4)18(16)22/h7,10-11,21H,5-6,8-9H2,1-4H3. The molecule has 0 amide bonds. The van der Waals surface area contributed by atoms with Gasteiger partial charge in [-0.3, -0.25) is 4.79 Å². The normalized spacial score (nSPS) is 10.9. The van der Waals surface area contributed by atoms with Crippen molar-refractivity contribution in [3.05, 3.63) is 45.4 Å². The van der Waals surface area contributed by atoms with Crippen molar-refractivity contribution in [2.75, 3.05) is 0 Å². The first-order valence-corrected chi connectivity index (χ1v) is 7.89. The third kappa shape index (κ3) is 2.91. The quantitative estimate of drug-likeness (QED) is 0.921. The van der Waals surface area contributed by atoms with E-state index in [1.54, 1.807) is 14.0 Å². The summed E-state index contributed by atoms with van der Waals surface area (Å²) in [7, 11) is 1.63. The highest BCUT2D eigenvalue weighted by atomic mass is 16.3. The molecule has 2 rings (SSSR count). The highest BCUT2D eigenvalue weighted by molar-refractivity contribution is 5.76. The van der Waals surface area contributed by atoms with Crippen molar-refractivity contribution in [1.29, 1.82) is 0 Å². The Kier molecular flexibility index (Phi) is 5.01. The molecule has 22 heavy (non-hydrogen) atoms. The Bertz CT molecular complexity index is 708. The zero-order chi connectivity index (χ0) is 16.3. The second-order valence-corrected chi connectivity index (χ2v) is 5.69. The highest BCUT2D eigenvalue weighted by Crippen LogP contribution is 2.34. The van der Waals surface area contributed by atoms with E-state index in [0.717, 1.165) is 42.4 Å². The van der Waals surface area contributed by atoms with Gasteiger partial charge in [0.15, 0.2) is 5.75 Å². The SMILES string of the molecule is CCCc1cccc(CCC)c1-c1c(O)c(C)nn(C)c1=O. The van der Waals surface area contributed by atoms with Gasteiger partial charge >= 0.3 is 0 Å². The van der Waals surface area contributed by atoms with Gasteiger partial charge in [0.1, 0.15) is 5.69 Å². The van der Waals surface area contributed by atoms with Crippen LogP contribution in [-0.4, -0.2) is 14.9 Å². The maximum absolute atomic E-state index is 12.6. The van der Waals surface area contributed by atoms with Gasteiger partial charge in [0.05, 0.1) is 5.56 Å². The Morgan fingerprint density at radius 1 is 1.09 bits per heavy atom. The summed E-state index contributed by atoms with van der Waals surface area (Å²) in [5.74, 6) is 0.00371. The molecule has 1 aromatic carbocycles. The van der Waals surface area contributed by atoms with Crippen LogP contribution in [-0.2, 0) is 19.9 Å². The summed E-state index contributed by atoms with van der Waals surface area (Å²) in [6, 6.07) is 6.13. The lowest BCUT2D eigenvalue weighted by atomic mass is 9.90. The smallest absolute Gasteiger partial charge is 0.278 e. The molecule has 0 atom stereocenters. The number of hydrogen-bond donors (Lipinski definition) is 1. The van der Waals surface area contributed by atoms with Gasteiger partial charge in [-0.25, -0.2) is 4.68 Å². The maximum Gasteiger partial charge on any atom is 0.278 e. The number of aromatic nitrogens is 2. The van der Waals surface area contributed by atoms with Crippen LogP contribution in [0.15, 0.2) is 23.0 Å². The number of aromatic hydroxyl groups is 1. The topological polar surface area (TPSA) is 55.1 Å². The molecule has 2 aromatic rings. The van der Waals surface area contributed by atoms with Crippen molar-refractivity contribution in [1.82, 2.24) is 9.78 Å². The first-order chi connectivity index (χ1) is 10.5. The lowest BCUT2D eigenvalue weighted by Crippen LogP contribution is -2.23. The van der Waals surface area contributed by atoms with Gasteiger partial charge in [0.2, 0.25) is 0 Å². The molecule has 0 aliphatic rings. The summed E-state index contributed by atoms with van der Waals surface area (Å²) in [4.78, 5) is 12.6. The molecule has 0 aliphatic carbocycles. The molecule has 0 aliphatic heterocycles. The molecular weight excluding hydrogens is 276 g/mol. The number of hydrogen-bond acceptors (Lipinski definition) is 3. The summed E-state index contributed by atoms with van der Waals surface area (Å²) < 4.78 is 1.31. The number of rotatable bonds is 5. The summed E-state index contributed by atoms with van der Waals surface area (Å²) in [5.41, 5.74) is 3.75. The Labute approximate surface area is 131 Å². The molecule has 0 saturated heterocycles. The van der Waals surface area contributed by atoms with Crippen LogP contribution in [0, 0.1) is 6.92 Å². The molecule has 1 N–H and O–H groups in total. The molecule has 0 fully saturated rings. The first-order valence-electron chi connectivity index (χ1n) is 7.89. The van der Waals surface area contributed by atoms with E-state index >= 15 is 0 Å². The Morgan fingerprint density at radius 3 is 2.14 bits per heavy atom. The fourth-order valence-electron chi connectivity index (χ4n) is 2.92. The van der Waals surface area contributed by atoms with Gasteiger partial charge in [-0.2, -0.15) is 5.10 Å². The summed E-state index contributed by atoms with van der Waals surface area (Å²) in [6.45, 7) is 5.96. The Morgan fingerprint density at radius 2 is 1.64 bits per heavy atom. The van der Waals surface area contributed by atoms with E-state index in [4.69, 9.17) is 0 Å². The zero-order valence-corrected chi connectivity index (χ0v) is 13.8. The zero-order valence-electron chi connectivity index (χ0n) is 13.8. The van der Waals surface area contributed by atoms with Gasteiger partial charge in [-0.1, -0.05) is 44.9 Å². The van der Waals surface area contributed by atoms with E-state index in [9.17, 15) is 9.90 Å². The van der Waals surface area contributed by atoms with E-state index in [-0.39, 0.29) is 11.3 Å². The fraction of sp³-hybridized carbons (Fsp3) is 0.444. The molecule has 4 nitrogen and oxygen atoms in total. The average molecular weight is 300 g/mol. The van der Waals surface area contributed by atoms with Crippen LogP contribution in [0.4, 0.5) is 0 Å². The fourth-order valence-corrected chi connectivity index (χ4v) is 2.92. The average Bonchev–Trinajstić information content (AvgIpc) is 2.48. The van der Waals surface area contributed by atoms with Crippen molar-refractivity contribution < 1.29 is 5.11 Å². The van der Waals surface area contributed by atoms with Gasteiger partial charge in [0.25, 0.3) is 5.56 Å². The van der Waals surface area contributed by atoms with Crippen LogP contribution < -0.4 is 5.56 Å². The van der Waals surface area contributed by atoms with Crippen LogP contribution in [0.1, 0.15) is 43.5 Å². The van der Waals surface area contributed by atoms with Gasteiger partial charge in [-0.15, -0.1) is 0 Å². The minimum absolute atomic E-state index is 0.00371. The molecule has 1 aromatic heterocycles. The van der Waals surface area contributed by atoms with Crippen LogP contribution in [0.5, 0.6) is 5.75 Å². The molecule has 0 spiro atoms. The van der Waals surface area contributed by atoms with Crippen molar-refractivity contribution in [3.63, 3.8) is 0 Å². The summed E-state index contributed by atoms with van der Waals surface area (Å²) in [5, 5.41) is 14.5. The molecular formula is C18H24N2O2. The molecule has 0 saturated carbocycles. The Balaban J connectivity index is 2.84. The van der Waals surface area contributed by atoms with Crippen LogP contribution in [0.3, 0.4) is 0 Å². The molecule has 4 heteroatoms. The van der Waals surface area contributed by atoms with Crippen molar-refractivity contribution in [2.24, 2.45) is 7.05 Å². The number of benzene rings is 1. The van der Waals surface area contributed by atoms with E-state index in [2.05, 4.69) is 18.9 Å². The predicted molar refractivity (Wildman–Crippen MR) is 89.3 cm³/mol. The molecule has 0 bridgehead atoms. The lowest BCUT2D eigenvalue weighted by Gasteiger charge is -2.16. The third-order valence-electron chi connectivity index (χ3n) is 3.91. The van der Waals surface area contributed by atoms with Crippen LogP contribution in [0.25, 0.3) is 11.1 Å². The summed E-state index contributed by atoms with van der Waals surface area (Å²) >= 11 is 0. The molecule has 0 unspecified atom stereocenters.